The van der Waals surface area contributed by atoms with Gasteiger partial charge in [-0.1, -0.05) is 32.4 Å². The molecule has 0 spiro atoms. The Balaban J connectivity index is 2.82. The quantitative estimate of drug-likeness (QED) is 0.653. The molecule has 0 aromatic heterocycles. The monoisotopic (exact) mass is 276 g/mol. The molecule has 1 unspecified atom stereocenters. The van der Waals surface area contributed by atoms with Crippen LogP contribution in [0.2, 0.25) is 5.02 Å². The number of hydrogen-bond donors (Lipinski definition) is 2. The third kappa shape index (κ3) is 4.84. The second-order valence-electron chi connectivity index (χ2n) is 4.81. The first kappa shape index (κ1) is 14.8. The van der Waals surface area contributed by atoms with Crippen LogP contribution in [0.1, 0.15) is 32.4 Å². The standard InChI is InChI=1S/C12H18ClFN2S/c1-12(2,3)17-7-11(16-15)9-6-8(14)4-5-10(9)13/h4-6,11,16H,7,15H2,1-3H3. The van der Waals surface area contributed by atoms with Crippen LogP contribution in [-0.4, -0.2) is 10.5 Å². The van der Waals surface area contributed by atoms with Crippen molar-refractivity contribution in [3.63, 3.8) is 0 Å². The van der Waals surface area contributed by atoms with Crippen LogP contribution < -0.4 is 11.3 Å². The molecule has 1 aromatic rings. The molecule has 1 aromatic carbocycles. The molecule has 0 saturated heterocycles. The molecule has 0 heterocycles. The van der Waals surface area contributed by atoms with E-state index in [1.807, 2.05) is 0 Å². The molecule has 2 nitrogen and oxygen atoms in total. The normalized spacial score (nSPS) is 13.8. The van der Waals surface area contributed by atoms with Crippen LogP contribution >= 0.6 is 23.4 Å². The number of halogens is 2. The van der Waals surface area contributed by atoms with E-state index in [0.29, 0.717) is 10.6 Å². The average molecular weight is 277 g/mol. The van der Waals surface area contributed by atoms with Gasteiger partial charge < -0.3 is 0 Å². The summed E-state index contributed by atoms with van der Waals surface area (Å²) in [6.45, 7) is 6.37. The summed E-state index contributed by atoms with van der Waals surface area (Å²) in [4.78, 5) is 0. The summed E-state index contributed by atoms with van der Waals surface area (Å²) in [6.07, 6.45) is 0. The highest BCUT2D eigenvalue weighted by Gasteiger charge is 2.18. The molecule has 96 valence electrons. The largest absolute Gasteiger partial charge is 0.271 e. The Morgan fingerprint density at radius 2 is 2.12 bits per heavy atom. The summed E-state index contributed by atoms with van der Waals surface area (Å²) in [5.41, 5.74) is 3.39. The lowest BCUT2D eigenvalue weighted by atomic mass is 10.1. The molecule has 0 radical (unpaired) electrons. The van der Waals surface area contributed by atoms with Gasteiger partial charge in [-0.15, -0.1) is 0 Å². The smallest absolute Gasteiger partial charge is 0.123 e. The van der Waals surface area contributed by atoms with E-state index in [2.05, 4.69) is 26.2 Å². The Morgan fingerprint density at radius 3 is 2.65 bits per heavy atom. The molecule has 0 aliphatic rings. The fraction of sp³-hybridized carbons (Fsp3) is 0.500. The first-order chi connectivity index (χ1) is 7.83. The van der Waals surface area contributed by atoms with E-state index < -0.39 is 0 Å². The second-order valence-corrected chi connectivity index (χ2v) is 7.06. The van der Waals surface area contributed by atoms with Crippen molar-refractivity contribution in [2.24, 2.45) is 5.84 Å². The molecule has 5 heteroatoms. The first-order valence-electron chi connectivity index (χ1n) is 5.38. The van der Waals surface area contributed by atoms with Crippen LogP contribution in [0.25, 0.3) is 0 Å². The summed E-state index contributed by atoms with van der Waals surface area (Å²) in [7, 11) is 0. The molecule has 0 fully saturated rings. The SMILES string of the molecule is CC(C)(C)SCC(NN)c1cc(F)ccc1Cl. The minimum atomic E-state index is -0.301. The van der Waals surface area contributed by atoms with Crippen molar-refractivity contribution >= 4 is 23.4 Å². The Morgan fingerprint density at radius 1 is 1.47 bits per heavy atom. The molecule has 17 heavy (non-hydrogen) atoms. The average Bonchev–Trinajstić information content (AvgIpc) is 2.22. The van der Waals surface area contributed by atoms with E-state index >= 15 is 0 Å². The third-order valence-corrected chi connectivity index (χ3v) is 3.93. The maximum Gasteiger partial charge on any atom is 0.123 e. The fourth-order valence-corrected chi connectivity index (χ4v) is 2.53. The van der Waals surface area contributed by atoms with E-state index in [1.54, 1.807) is 17.8 Å². The van der Waals surface area contributed by atoms with Crippen molar-refractivity contribution in [2.75, 3.05) is 5.75 Å². The van der Waals surface area contributed by atoms with Gasteiger partial charge in [-0.05, 0) is 23.8 Å². The molecule has 0 aliphatic carbocycles. The van der Waals surface area contributed by atoms with Crippen molar-refractivity contribution in [1.82, 2.24) is 5.43 Å². The van der Waals surface area contributed by atoms with Gasteiger partial charge in [-0.3, -0.25) is 11.3 Å². The van der Waals surface area contributed by atoms with Gasteiger partial charge in [0.05, 0.1) is 6.04 Å². The van der Waals surface area contributed by atoms with E-state index in [-0.39, 0.29) is 16.6 Å². The summed E-state index contributed by atoms with van der Waals surface area (Å²) in [5.74, 6) is 5.95. The topological polar surface area (TPSA) is 38.0 Å². The molecule has 0 saturated carbocycles. The summed E-state index contributed by atoms with van der Waals surface area (Å²) in [5, 5.41) is 0.531. The maximum atomic E-state index is 13.2. The zero-order valence-corrected chi connectivity index (χ0v) is 11.8. The highest BCUT2D eigenvalue weighted by molar-refractivity contribution is 8.00. The molecule has 1 rings (SSSR count). The minimum Gasteiger partial charge on any atom is -0.271 e. The number of hydrogen-bond acceptors (Lipinski definition) is 3. The third-order valence-electron chi connectivity index (χ3n) is 2.22. The summed E-state index contributed by atoms with van der Waals surface area (Å²) in [6, 6.07) is 4.17. The van der Waals surface area contributed by atoms with Crippen LogP contribution in [-0.2, 0) is 0 Å². The lowest BCUT2D eigenvalue weighted by Crippen LogP contribution is -2.31. The van der Waals surface area contributed by atoms with Crippen molar-refractivity contribution in [3.05, 3.63) is 34.6 Å². The van der Waals surface area contributed by atoms with E-state index in [0.717, 1.165) is 5.75 Å². The van der Waals surface area contributed by atoms with Crippen LogP contribution in [0.5, 0.6) is 0 Å². The number of rotatable bonds is 4. The Bertz CT molecular complexity index is 379. The summed E-state index contributed by atoms with van der Waals surface area (Å²) < 4.78 is 13.3. The minimum absolute atomic E-state index is 0.134. The lowest BCUT2D eigenvalue weighted by Gasteiger charge is -2.23. The second kappa shape index (κ2) is 6.05. The molecular formula is C12H18ClFN2S. The fourth-order valence-electron chi connectivity index (χ4n) is 1.34. The van der Waals surface area contributed by atoms with Crippen LogP contribution in [0.15, 0.2) is 18.2 Å². The zero-order valence-electron chi connectivity index (χ0n) is 10.3. The molecular weight excluding hydrogens is 259 g/mol. The van der Waals surface area contributed by atoms with Crippen LogP contribution in [0.4, 0.5) is 4.39 Å². The van der Waals surface area contributed by atoms with Gasteiger partial charge in [-0.25, -0.2) is 4.39 Å². The summed E-state index contributed by atoms with van der Waals surface area (Å²) >= 11 is 7.80. The Kier molecular flexibility index (Phi) is 5.25. The lowest BCUT2D eigenvalue weighted by molar-refractivity contribution is 0.589. The molecule has 3 N–H and O–H groups in total. The molecule has 0 aliphatic heterocycles. The Labute approximate surface area is 111 Å². The first-order valence-corrected chi connectivity index (χ1v) is 6.75. The van der Waals surface area contributed by atoms with E-state index in [9.17, 15) is 4.39 Å². The van der Waals surface area contributed by atoms with E-state index in [4.69, 9.17) is 17.4 Å². The van der Waals surface area contributed by atoms with Gasteiger partial charge in [0.25, 0.3) is 0 Å². The zero-order chi connectivity index (χ0) is 13.1. The number of hydrazine groups is 1. The van der Waals surface area contributed by atoms with Crippen molar-refractivity contribution in [3.8, 4) is 0 Å². The maximum absolute atomic E-state index is 13.2. The highest BCUT2D eigenvalue weighted by atomic mass is 35.5. The van der Waals surface area contributed by atoms with E-state index in [1.165, 1.54) is 12.1 Å². The number of thioether (sulfide) groups is 1. The molecule has 0 bridgehead atoms. The van der Waals surface area contributed by atoms with Gasteiger partial charge in [0.2, 0.25) is 0 Å². The Hall–Kier alpha value is -0.290. The van der Waals surface area contributed by atoms with Gasteiger partial charge in [-0.2, -0.15) is 11.8 Å². The van der Waals surface area contributed by atoms with Crippen LogP contribution in [0, 0.1) is 5.82 Å². The number of benzene rings is 1. The van der Waals surface area contributed by atoms with Crippen LogP contribution in [0.3, 0.4) is 0 Å². The van der Waals surface area contributed by atoms with Gasteiger partial charge >= 0.3 is 0 Å². The van der Waals surface area contributed by atoms with Crippen molar-refractivity contribution in [2.45, 2.75) is 31.6 Å². The number of nitrogens with two attached hydrogens (primary N) is 1. The molecule has 1 atom stereocenters. The van der Waals surface area contributed by atoms with Crippen molar-refractivity contribution in [1.29, 1.82) is 0 Å². The number of nitrogens with one attached hydrogen (secondary N) is 1. The van der Waals surface area contributed by atoms with Gasteiger partial charge in [0, 0.05) is 15.5 Å². The van der Waals surface area contributed by atoms with Gasteiger partial charge in [0.15, 0.2) is 0 Å². The van der Waals surface area contributed by atoms with Gasteiger partial charge in [0.1, 0.15) is 5.82 Å². The van der Waals surface area contributed by atoms with Crippen molar-refractivity contribution < 1.29 is 4.39 Å². The predicted octanol–water partition coefficient (Wildman–Crippen LogP) is 3.52. The predicted molar refractivity (Wildman–Crippen MR) is 73.7 cm³/mol. The molecule has 0 amide bonds. The highest BCUT2D eigenvalue weighted by Crippen LogP contribution is 2.31.